The van der Waals surface area contributed by atoms with E-state index >= 15 is 0 Å². The number of unbranched alkanes of at least 4 members (excludes halogenated alkanes) is 3. The van der Waals surface area contributed by atoms with Crippen molar-refractivity contribution in [2.24, 2.45) is 0 Å². The van der Waals surface area contributed by atoms with Gasteiger partial charge in [-0.15, -0.1) is 0 Å². The number of morpholine rings is 1. The van der Waals surface area contributed by atoms with Crippen molar-refractivity contribution in [3.63, 3.8) is 0 Å². The second-order valence-corrected chi connectivity index (χ2v) is 12.5. The molecule has 0 unspecified atom stereocenters. The van der Waals surface area contributed by atoms with E-state index in [0.717, 1.165) is 70.9 Å². The van der Waals surface area contributed by atoms with Crippen molar-refractivity contribution in [3.05, 3.63) is 45.0 Å². The number of ether oxygens (including phenoxy) is 1. The van der Waals surface area contributed by atoms with E-state index in [1.54, 1.807) is 24.5 Å². The maximum absolute atomic E-state index is 13.4. The summed E-state index contributed by atoms with van der Waals surface area (Å²) in [6, 6.07) is 3.36. The predicted molar refractivity (Wildman–Crippen MR) is 156 cm³/mol. The summed E-state index contributed by atoms with van der Waals surface area (Å²) >= 11 is 0. The van der Waals surface area contributed by atoms with Crippen molar-refractivity contribution in [2.45, 2.75) is 70.3 Å². The van der Waals surface area contributed by atoms with Crippen LogP contribution < -0.4 is 21.5 Å². The molecule has 222 valence electrons. The van der Waals surface area contributed by atoms with Crippen LogP contribution in [0.25, 0.3) is 0 Å². The van der Waals surface area contributed by atoms with Gasteiger partial charge in [-0.05, 0) is 37.8 Å². The number of pyridine rings is 1. The van der Waals surface area contributed by atoms with E-state index in [-0.39, 0.29) is 17.5 Å². The fourth-order valence-corrected chi connectivity index (χ4v) is 6.94. The number of rotatable bonds is 16. The zero-order valence-electron chi connectivity index (χ0n) is 23.3. The van der Waals surface area contributed by atoms with Gasteiger partial charge in [-0.3, -0.25) is 24.3 Å². The third kappa shape index (κ3) is 8.81. The Kier molecular flexibility index (Phi) is 11.9. The summed E-state index contributed by atoms with van der Waals surface area (Å²) in [6.07, 6.45) is 12.1. The normalized spacial score (nSPS) is 17.7. The highest BCUT2D eigenvalue weighted by Gasteiger charge is 2.31. The van der Waals surface area contributed by atoms with Crippen LogP contribution in [0.4, 0.5) is 17.1 Å². The first kappa shape index (κ1) is 30.6. The van der Waals surface area contributed by atoms with E-state index in [2.05, 4.69) is 20.5 Å². The van der Waals surface area contributed by atoms with E-state index in [1.165, 1.54) is 4.47 Å². The average Bonchev–Trinajstić information content (AvgIpc) is 3.26. The molecule has 1 aromatic heterocycles. The van der Waals surface area contributed by atoms with Crippen LogP contribution in [-0.4, -0.2) is 80.6 Å². The molecule has 2 N–H and O–H groups in total. The van der Waals surface area contributed by atoms with Gasteiger partial charge >= 0.3 is 0 Å². The zero-order valence-corrected chi connectivity index (χ0v) is 24.1. The van der Waals surface area contributed by atoms with Crippen LogP contribution in [0.5, 0.6) is 0 Å². The Balaban J connectivity index is 1.19. The standard InChI is InChI=1S/C28H43N5O6S/c34-27-25(26(28(27)35)31-23-11-14-29-15-12-23)30-13-7-3-4-8-22-40(36,37)33(24-9-5-1-2-6-10-24)39-21-18-32-16-19-38-20-17-32/h11-12,14-15,24,30H,1-10,13,16-22H2,(H,29,31). The van der Waals surface area contributed by atoms with Crippen LogP contribution in [0.2, 0.25) is 0 Å². The van der Waals surface area contributed by atoms with Crippen LogP contribution in [-0.2, 0) is 19.6 Å². The zero-order chi connectivity index (χ0) is 28.2. The molecule has 2 heterocycles. The maximum atomic E-state index is 13.4. The van der Waals surface area contributed by atoms with Gasteiger partial charge in [0.25, 0.3) is 10.9 Å². The molecular formula is C28H43N5O6S. The van der Waals surface area contributed by atoms with Crippen molar-refractivity contribution < 1.29 is 18.0 Å². The summed E-state index contributed by atoms with van der Waals surface area (Å²) in [5, 5.41) is 6.04. The molecule has 2 aliphatic rings. The molecule has 11 nitrogen and oxygen atoms in total. The molecule has 0 amide bonds. The largest absolute Gasteiger partial charge is 0.380 e. The summed E-state index contributed by atoms with van der Waals surface area (Å²) in [4.78, 5) is 36.2. The maximum Gasteiger partial charge on any atom is 0.253 e. The van der Waals surface area contributed by atoms with Crippen LogP contribution in [0, 0.1) is 0 Å². The van der Waals surface area contributed by atoms with Crippen LogP contribution >= 0.6 is 0 Å². The first-order chi connectivity index (χ1) is 19.5. The van der Waals surface area contributed by atoms with Gasteiger partial charge in [-0.1, -0.05) is 43.0 Å². The first-order valence-corrected chi connectivity index (χ1v) is 16.3. The van der Waals surface area contributed by atoms with Crippen LogP contribution in [0.15, 0.2) is 34.1 Å². The number of anilines is 3. The average molecular weight is 578 g/mol. The number of hydroxylamine groups is 1. The van der Waals surface area contributed by atoms with Gasteiger partial charge in [0, 0.05) is 44.3 Å². The molecule has 40 heavy (non-hydrogen) atoms. The van der Waals surface area contributed by atoms with Crippen LogP contribution in [0.3, 0.4) is 0 Å². The second kappa shape index (κ2) is 15.6. The quantitative estimate of drug-likeness (QED) is 0.133. The predicted octanol–water partition coefficient (Wildman–Crippen LogP) is 3.01. The Morgan fingerprint density at radius 3 is 2.35 bits per heavy atom. The van der Waals surface area contributed by atoms with E-state index in [1.807, 2.05) is 0 Å². The molecule has 12 heteroatoms. The first-order valence-electron chi connectivity index (χ1n) is 14.6. The van der Waals surface area contributed by atoms with Crippen molar-refractivity contribution in [1.82, 2.24) is 14.4 Å². The molecule has 1 aliphatic heterocycles. The lowest BCUT2D eigenvalue weighted by Crippen LogP contribution is -2.44. The highest BCUT2D eigenvalue weighted by atomic mass is 32.2. The van der Waals surface area contributed by atoms with Crippen molar-refractivity contribution >= 4 is 27.1 Å². The minimum absolute atomic E-state index is 0.0621. The van der Waals surface area contributed by atoms with E-state index in [4.69, 9.17) is 9.57 Å². The second-order valence-electron chi connectivity index (χ2n) is 10.6. The molecule has 1 saturated carbocycles. The van der Waals surface area contributed by atoms with Gasteiger partial charge in [0.1, 0.15) is 11.4 Å². The number of nitrogens with zero attached hydrogens (tertiary/aromatic N) is 3. The van der Waals surface area contributed by atoms with Crippen molar-refractivity contribution in [2.75, 3.05) is 62.4 Å². The minimum Gasteiger partial charge on any atom is -0.380 e. The fourth-order valence-electron chi connectivity index (χ4n) is 5.29. The summed E-state index contributed by atoms with van der Waals surface area (Å²) < 4.78 is 33.5. The van der Waals surface area contributed by atoms with E-state index in [9.17, 15) is 18.0 Å². The Hall–Kier alpha value is -2.38. The molecule has 1 aromatic carbocycles. The molecule has 0 spiro atoms. The molecule has 2 aromatic rings. The van der Waals surface area contributed by atoms with Gasteiger partial charge in [0.15, 0.2) is 0 Å². The molecule has 2 fully saturated rings. The Labute approximate surface area is 236 Å². The van der Waals surface area contributed by atoms with Crippen LogP contribution in [0.1, 0.15) is 64.2 Å². The monoisotopic (exact) mass is 577 g/mol. The lowest BCUT2D eigenvalue weighted by molar-refractivity contribution is -0.122. The lowest BCUT2D eigenvalue weighted by atomic mass is 10.1. The summed E-state index contributed by atoms with van der Waals surface area (Å²) in [6.45, 7) is 4.68. The molecular weight excluding hydrogens is 534 g/mol. The third-order valence-corrected chi connectivity index (χ3v) is 9.37. The Morgan fingerprint density at radius 2 is 1.62 bits per heavy atom. The third-order valence-electron chi connectivity index (χ3n) is 7.62. The highest BCUT2D eigenvalue weighted by Crippen LogP contribution is 2.25. The number of hydrogen-bond donors (Lipinski definition) is 2. The molecule has 4 rings (SSSR count). The van der Waals surface area contributed by atoms with Gasteiger partial charge in [0.2, 0.25) is 10.0 Å². The topological polar surface area (TPSA) is 130 Å². The van der Waals surface area contributed by atoms with Gasteiger partial charge in [-0.25, -0.2) is 8.42 Å². The number of sulfonamides is 1. The van der Waals surface area contributed by atoms with E-state index < -0.39 is 20.9 Å². The van der Waals surface area contributed by atoms with Gasteiger partial charge in [-0.2, -0.15) is 0 Å². The number of nitrogens with one attached hydrogen (secondary N) is 2. The summed E-state index contributed by atoms with van der Waals surface area (Å²) in [5.74, 6) is 0.0621. The molecule has 1 aliphatic carbocycles. The number of hydrogen-bond acceptors (Lipinski definition) is 10. The van der Waals surface area contributed by atoms with Crippen molar-refractivity contribution in [1.29, 1.82) is 0 Å². The Morgan fingerprint density at radius 1 is 0.950 bits per heavy atom. The SMILES string of the molecule is O=c1c(NCCCCCCS(=O)(=O)N(OCCN2CCOCC2)C2CCCCCC2)c(Nc2ccncc2)c1=O. The lowest BCUT2D eigenvalue weighted by Gasteiger charge is -2.31. The molecule has 0 atom stereocenters. The minimum atomic E-state index is -3.54. The summed E-state index contributed by atoms with van der Waals surface area (Å²) in [5.41, 5.74) is 0.214. The Bertz CT molecular complexity index is 1200. The number of aromatic nitrogens is 1. The van der Waals surface area contributed by atoms with Gasteiger partial charge in [0.05, 0.1) is 31.6 Å². The smallest absolute Gasteiger partial charge is 0.253 e. The van der Waals surface area contributed by atoms with Crippen molar-refractivity contribution in [3.8, 4) is 0 Å². The highest BCUT2D eigenvalue weighted by molar-refractivity contribution is 7.88. The fraction of sp³-hybridized carbons (Fsp3) is 0.679. The van der Waals surface area contributed by atoms with Gasteiger partial charge < -0.3 is 15.4 Å². The molecule has 1 saturated heterocycles. The molecule has 0 radical (unpaired) electrons. The summed E-state index contributed by atoms with van der Waals surface area (Å²) in [7, 11) is -3.54. The van der Waals surface area contributed by atoms with E-state index in [0.29, 0.717) is 50.7 Å². The molecule has 0 bridgehead atoms.